The number of aromatic nitrogens is 1. The number of hydrogen-bond acceptors (Lipinski definition) is 9. The number of pyridine rings is 1. The first-order valence-corrected chi connectivity index (χ1v) is 17.4. The molecule has 1 aliphatic heterocycles. The van der Waals surface area contributed by atoms with Gasteiger partial charge in [0.2, 0.25) is 5.96 Å². The molecule has 0 radical (unpaired) electrons. The van der Waals surface area contributed by atoms with Gasteiger partial charge in [-0.25, -0.2) is 4.79 Å². The first-order valence-electron chi connectivity index (χ1n) is 15.6. The fraction of sp³-hybridized carbons (Fsp3) is 0.531. The van der Waals surface area contributed by atoms with Gasteiger partial charge in [-0.05, 0) is 60.8 Å². The lowest BCUT2D eigenvalue weighted by atomic mass is 9.85. The van der Waals surface area contributed by atoms with E-state index in [1.807, 2.05) is 49.9 Å². The zero-order valence-electron chi connectivity index (χ0n) is 27.1. The standard InChI is InChI=1S/C32H46N8O5S/c1-32(2,3)27(33)20-29(36-16-19-44-46(4,42)43)38-31(41)37-25-13-14-26(24-11-7-6-10-23(24)25)45-22-12-15-28(34)40(21-22)30(35)39-17-8-5-9-18-39/h6-7,10-12,15,21,25-26,33-35H,5,8-9,13-14,16-20H2,1-4H3,(H2,36,37,38,41). The average Bonchev–Trinajstić information content (AvgIpc) is 3.00. The summed E-state index contributed by atoms with van der Waals surface area (Å²) in [6.07, 6.45) is 6.92. The van der Waals surface area contributed by atoms with E-state index in [-0.39, 0.29) is 49.0 Å². The van der Waals surface area contributed by atoms with Gasteiger partial charge >= 0.3 is 6.03 Å². The van der Waals surface area contributed by atoms with Gasteiger partial charge in [-0.3, -0.25) is 29.9 Å². The van der Waals surface area contributed by atoms with Crippen molar-refractivity contribution in [2.45, 2.75) is 71.4 Å². The summed E-state index contributed by atoms with van der Waals surface area (Å²) in [7, 11) is -3.62. The number of nitrogens with zero attached hydrogens (tertiary/aromatic N) is 3. The molecule has 250 valence electrons. The molecule has 2 heterocycles. The third-order valence-electron chi connectivity index (χ3n) is 8.02. The SMILES string of the molecule is CC(C)(C)C(=N)CC(=NCCOS(C)(=O)=O)NC(=O)NC1CCC(Oc2ccc(=N)n(C(=N)N3CCCCC3)c2)c2ccccc21. The normalized spacial score (nSPS) is 18.8. The lowest BCUT2D eigenvalue weighted by Gasteiger charge is -2.33. The number of likely N-dealkylation sites (tertiary alicyclic amines) is 1. The van der Waals surface area contributed by atoms with Crippen LogP contribution >= 0.6 is 0 Å². The predicted molar refractivity (Wildman–Crippen MR) is 177 cm³/mol. The van der Waals surface area contributed by atoms with Gasteiger partial charge in [-0.15, -0.1) is 0 Å². The number of carbonyl (C=O) groups excluding carboxylic acids is 1. The number of hydrogen-bond donors (Lipinski definition) is 5. The average molecular weight is 655 g/mol. The van der Waals surface area contributed by atoms with Crippen LogP contribution in [0.5, 0.6) is 5.75 Å². The number of amides is 2. The topological polar surface area (TPSA) is 186 Å². The molecule has 2 atom stereocenters. The van der Waals surface area contributed by atoms with E-state index in [0.29, 0.717) is 24.3 Å². The molecule has 1 aromatic carbocycles. The summed E-state index contributed by atoms with van der Waals surface area (Å²) in [5, 5.41) is 31.3. The summed E-state index contributed by atoms with van der Waals surface area (Å²) in [5.41, 5.74) is 2.00. The Hall–Kier alpha value is -4.04. The molecule has 14 heteroatoms. The number of carbonyl (C=O) groups is 1. The second-order valence-electron chi connectivity index (χ2n) is 12.7. The Bertz CT molecular complexity index is 1620. The fourth-order valence-corrected chi connectivity index (χ4v) is 5.82. The van der Waals surface area contributed by atoms with Gasteiger partial charge in [0, 0.05) is 25.2 Å². The van der Waals surface area contributed by atoms with Crippen molar-refractivity contribution in [3.63, 3.8) is 0 Å². The lowest BCUT2D eigenvalue weighted by molar-refractivity contribution is 0.171. The highest BCUT2D eigenvalue weighted by Gasteiger charge is 2.30. The first kappa shape index (κ1) is 34.8. The highest BCUT2D eigenvalue weighted by molar-refractivity contribution is 7.85. The minimum Gasteiger partial charge on any atom is -0.484 e. The van der Waals surface area contributed by atoms with Crippen molar-refractivity contribution < 1.29 is 22.1 Å². The Labute approximate surface area is 271 Å². The number of benzene rings is 1. The van der Waals surface area contributed by atoms with E-state index in [9.17, 15) is 13.2 Å². The van der Waals surface area contributed by atoms with Crippen LogP contribution in [0.25, 0.3) is 0 Å². The van der Waals surface area contributed by atoms with Crippen molar-refractivity contribution in [2.24, 2.45) is 10.4 Å². The minimum absolute atomic E-state index is 0.00406. The lowest BCUT2D eigenvalue weighted by Crippen LogP contribution is -2.44. The van der Waals surface area contributed by atoms with Gasteiger partial charge in [-0.1, -0.05) is 45.0 Å². The Morgan fingerprint density at radius 3 is 2.41 bits per heavy atom. The number of fused-ring (bicyclic) bond motifs is 1. The molecule has 46 heavy (non-hydrogen) atoms. The fourth-order valence-electron chi connectivity index (χ4n) is 5.44. The molecular formula is C32H46N8O5S. The van der Waals surface area contributed by atoms with Crippen LogP contribution in [0.2, 0.25) is 0 Å². The smallest absolute Gasteiger partial charge is 0.320 e. The summed E-state index contributed by atoms with van der Waals surface area (Å²) in [4.78, 5) is 19.5. The Morgan fingerprint density at radius 2 is 1.74 bits per heavy atom. The van der Waals surface area contributed by atoms with Gasteiger partial charge in [0.15, 0.2) is 0 Å². The van der Waals surface area contributed by atoms with Gasteiger partial charge in [0.25, 0.3) is 10.1 Å². The summed E-state index contributed by atoms with van der Waals surface area (Å²) in [5.74, 6) is 1.09. The number of ether oxygens (including phenoxy) is 1. The number of rotatable bonds is 9. The molecule has 0 spiro atoms. The van der Waals surface area contributed by atoms with Crippen molar-refractivity contribution in [2.75, 3.05) is 32.5 Å². The van der Waals surface area contributed by atoms with Gasteiger partial charge < -0.3 is 20.4 Å². The number of amidine groups is 1. The maximum absolute atomic E-state index is 13.2. The van der Waals surface area contributed by atoms with E-state index in [2.05, 4.69) is 15.6 Å². The van der Waals surface area contributed by atoms with Crippen molar-refractivity contribution in [1.29, 1.82) is 16.2 Å². The summed E-state index contributed by atoms with van der Waals surface area (Å²) in [6.45, 7) is 7.14. The van der Waals surface area contributed by atoms with Crippen molar-refractivity contribution in [3.8, 4) is 5.75 Å². The number of piperidine rings is 1. The molecule has 1 saturated heterocycles. The maximum Gasteiger partial charge on any atom is 0.320 e. The van der Waals surface area contributed by atoms with E-state index >= 15 is 0 Å². The van der Waals surface area contributed by atoms with E-state index in [1.165, 1.54) is 0 Å². The molecule has 2 amide bonds. The van der Waals surface area contributed by atoms with Crippen molar-refractivity contribution in [1.82, 2.24) is 20.1 Å². The third kappa shape index (κ3) is 9.73. The molecule has 4 rings (SSSR count). The number of urea groups is 1. The second-order valence-corrected chi connectivity index (χ2v) is 14.4. The zero-order valence-corrected chi connectivity index (χ0v) is 27.9. The maximum atomic E-state index is 13.2. The molecule has 2 unspecified atom stereocenters. The molecule has 1 fully saturated rings. The van der Waals surface area contributed by atoms with Crippen molar-refractivity contribution in [3.05, 3.63) is 59.2 Å². The zero-order chi connectivity index (χ0) is 33.5. The van der Waals surface area contributed by atoms with Crippen LogP contribution in [0, 0.1) is 21.6 Å². The molecule has 2 aliphatic rings. The quantitative estimate of drug-likeness (QED) is 0.116. The molecule has 1 aromatic heterocycles. The highest BCUT2D eigenvalue weighted by atomic mass is 32.2. The molecule has 2 aromatic rings. The van der Waals surface area contributed by atoms with Gasteiger partial charge in [-0.2, -0.15) is 8.42 Å². The molecule has 1 aliphatic carbocycles. The van der Waals surface area contributed by atoms with Crippen LogP contribution < -0.4 is 20.9 Å². The van der Waals surface area contributed by atoms with Crippen molar-refractivity contribution >= 4 is 33.7 Å². The van der Waals surface area contributed by atoms with E-state index in [0.717, 1.165) is 49.7 Å². The van der Waals surface area contributed by atoms with E-state index < -0.39 is 21.6 Å². The van der Waals surface area contributed by atoms with Crippen LogP contribution in [0.15, 0.2) is 47.6 Å². The van der Waals surface area contributed by atoms with E-state index in [4.69, 9.17) is 25.1 Å². The van der Waals surface area contributed by atoms with Crippen LogP contribution in [0.1, 0.15) is 82.6 Å². The Kier molecular flexibility index (Phi) is 11.4. The Morgan fingerprint density at radius 1 is 1.04 bits per heavy atom. The first-order chi connectivity index (χ1) is 21.7. The number of aliphatic imine (C=N–C) groups is 1. The van der Waals surface area contributed by atoms with Gasteiger partial charge in [0.05, 0.1) is 31.6 Å². The monoisotopic (exact) mass is 654 g/mol. The second kappa shape index (κ2) is 15.0. The van der Waals surface area contributed by atoms with Crippen LogP contribution in [0.4, 0.5) is 4.79 Å². The van der Waals surface area contributed by atoms with Crippen LogP contribution in [0.3, 0.4) is 0 Å². The van der Waals surface area contributed by atoms with Crippen LogP contribution in [-0.4, -0.2) is 73.9 Å². The Balaban J connectivity index is 1.45. The molecular weight excluding hydrogens is 608 g/mol. The minimum atomic E-state index is -3.62. The molecule has 0 bridgehead atoms. The molecule has 0 saturated carbocycles. The summed E-state index contributed by atoms with van der Waals surface area (Å²) < 4.78 is 35.4. The summed E-state index contributed by atoms with van der Waals surface area (Å²) >= 11 is 0. The predicted octanol–water partition coefficient (Wildman–Crippen LogP) is 4.32. The third-order valence-corrected chi connectivity index (χ3v) is 8.62. The van der Waals surface area contributed by atoms with Crippen LogP contribution in [-0.2, 0) is 14.3 Å². The highest BCUT2D eigenvalue weighted by Crippen LogP contribution is 2.38. The molecule has 5 N–H and O–H groups in total. The van der Waals surface area contributed by atoms with Gasteiger partial charge in [0.1, 0.15) is 23.2 Å². The number of nitrogens with one attached hydrogen (secondary N) is 5. The summed E-state index contributed by atoms with van der Waals surface area (Å²) in [6, 6.07) is 10.4. The van der Waals surface area contributed by atoms with E-state index in [1.54, 1.807) is 22.9 Å². The largest absolute Gasteiger partial charge is 0.484 e. The molecule has 13 nitrogen and oxygen atoms in total.